The standard InChI is InChI=1S/C27H26BrF2N5O2S/c1-16-26(38-25(31-16)11-18-3-6-20(29)7-4-18)27(36)34-9-10-37-22(15-34)13-21-14-35(33-32-21)17(2)23-8-5-19(28)12-24(23)30/h3-8,12,14,17,22H,9-11,13,15H2,1-2H3/t17-,22?/m0/s1. The van der Waals surface area contributed by atoms with E-state index in [1.165, 1.54) is 29.5 Å². The fourth-order valence-electron chi connectivity index (χ4n) is 4.49. The summed E-state index contributed by atoms with van der Waals surface area (Å²) in [6.45, 7) is 5.04. The molecule has 7 nitrogen and oxygen atoms in total. The van der Waals surface area contributed by atoms with Gasteiger partial charge in [0.25, 0.3) is 5.91 Å². The van der Waals surface area contributed by atoms with Crippen LogP contribution >= 0.6 is 27.3 Å². The van der Waals surface area contributed by atoms with Gasteiger partial charge < -0.3 is 9.64 Å². The largest absolute Gasteiger partial charge is 0.374 e. The number of aryl methyl sites for hydroxylation is 1. The molecule has 0 aliphatic carbocycles. The van der Waals surface area contributed by atoms with Gasteiger partial charge in [-0.1, -0.05) is 39.3 Å². The molecule has 198 valence electrons. The molecule has 2 atom stereocenters. The van der Waals surface area contributed by atoms with E-state index < -0.39 is 0 Å². The van der Waals surface area contributed by atoms with E-state index in [2.05, 4.69) is 31.2 Å². The van der Waals surface area contributed by atoms with Crippen molar-refractivity contribution in [3.63, 3.8) is 0 Å². The first-order valence-corrected chi connectivity index (χ1v) is 13.8. The van der Waals surface area contributed by atoms with Crippen LogP contribution in [0.25, 0.3) is 0 Å². The molecule has 2 aromatic carbocycles. The van der Waals surface area contributed by atoms with Crippen LogP contribution < -0.4 is 0 Å². The molecule has 38 heavy (non-hydrogen) atoms. The summed E-state index contributed by atoms with van der Waals surface area (Å²) in [7, 11) is 0. The molecule has 1 fully saturated rings. The Morgan fingerprint density at radius 3 is 2.79 bits per heavy atom. The van der Waals surface area contributed by atoms with Gasteiger partial charge in [0.05, 0.1) is 35.1 Å². The predicted octanol–water partition coefficient (Wildman–Crippen LogP) is 5.37. The lowest BCUT2D eigenvalue weighted by atomic mass is 10.1. The molecule has 1 aliphatic rings. The Labute approximate surface area is 231 Å². The van der Waals surface area contributed by atoms with Gasteiger partial charge in [-0.15, -0.1) is 16.4 Å². The SMILES string of the molecule is Cc1nc(Cc2ccc(F)cc2)sc1C(=O)N1CCOC(Cc2cn([C@@H](C)c3ccc(Br)cc3F)nn2)C1. The Bertz CT molecular complexity index is 1440. The second kappa shape index (κ2) is 11.4. The molecule has 0 saturated carbocycles. The van der Waals surface area contributed by atoms with E-state index in [1.807, 2.05) is 13.8 Å². The zero-order valence-corrected chi connectivity index (χ0v) is 23.3. The molecule has 0 radical (unpaired) electrons. The quantitative estimate of drug-likeness (QED) is 0.285. The Morgan fingerprint density at radius 2 is 2.03 bits per heavy atom. The number of carbonyl (C=O) groups is 1. The zero-order chi connectivity index (χ0) is 26.8. The Morgan fingerprint density at radius 1 is 1.24 bits per heavy atom. The number of hydrogen-bond acceptors (Lipinski definition) is 6. The fraction of sp³-hybridized carbons (Fsp3) is 0.333. The summed E-state index contributed by atoms with van der Waals surface area (Å²) in [6, 6.07) is 10.9. The minimum Gasteiger partial charge on any atom is -0.374 e. The third kappa shape index (κ3) is 6.00. The van der Waals surface area contributed by atoms with Crippen molar-refractivity contribution >= 4 is 33.2 Å². The number of hydrogen-bond donors (Lipinski definition) is 0. The highest BCUT2D eigenvalue weighted by atomic mass is 79.9. The summed E-state index contributed by atoms with van der Waals surface area (Å²) < 4.78 is 35.9. The van der Waals surface area contributed by atoms with Gasteiger partial charge in [0.2, 0.25) is 0 Å². The number of morpholine rings is 1. The highest BCUT2D eigenvalue weighted by Gasteiger charge is 2.28. The molecule has 1 saturated heterocycles. The number of rotatable bonds is 7. The van der Waals surface area contributed by atoms with Crippen LogP contribution in [0.5, 0.6) is 0 Å². The van der Waals surface area contributed by atoms with Crippen molar-refractivity contribution in [1.82, 2.24) is 24.9 Å². The lowest BCUT2D eigenvalue weighted by Crippen LogP contribution is -2.46. The van der Waals surface area contributed by atoms with Crippen LogP contribution in [0.3, 0.4) is 0 Å². The Kier molecular flexibility index (Phi) is 7.96. The van der Waals surface area contributed by atoms with Crippen LogP contribution in [-0.2, 0) is 17.6 Å². The molecule has 1 aliphatic heterocycles. The molecule has 3 heterocycles. The van der Waals surface area contributed by atoms with E-state index in [0.29, 0.717) is 58.8 Å². The summed E-state index contributed by atoms with van der Waals surface area (Å²) in [5.74, 6) is -0.660. The van der Waals surface area contributed by atoms with E-state index in [0.717, 1.165) is 10.6 Å². The van der Waals surface area contributed by atoms with Gasteiger partial charge in [0.1, 0.15) is 16.5 Å². The van der Waals surface area contributed by atoms with Gasteiger partial charge in [-0.05, 0) is 43.7 Å². The summed E-state index contributed by atoms with van der Waals surface area (Å²) in [4.78, 5) is 20.3. The van der Waals surface area contributed by atoms with E-state index in [9.17, 15) is 13.6 Å². The molecule has 1 unspecified atom stereocenters. The number of carbonyl (C=O) groups excluding carboxylic acids is 1. The van der Waals surface area contributed by atoms with Crippen LogP contribution in [0, 0.1) is 18.6 Å². The first-order chi connectivity index (χ1) is 18.3. The second-order valence-electron chi connectivity index (χ2n) is 9.31. The van der Waals surface area contributed by atoms with E-state index in [4.69, 9.17) is 4.74 Å². The molecular formula is C27H26BrF2N5O2S. The molecule has 0 N–H and O–H groups in total. The highest BCUT2D eigenvalue weighted by Crippen LogP contribution is 2.25. The summed E-state index contributed by atoms with van der Waals surface area (Å²) in [5.41, 5.74) is 2.87. The maximum absolute atomic E-state index is 14.4. The molecule has 0 bridgehead atoms. The smallest absolute Gasteiger partial charge is 0.266 e. The van der Waals surface area contributed by atoms with Gasteiger partial charge in [-0.25, -0.2) is 18.4 Å². The van der Waals surface area contributed by atoms with Crippen LogP contribution in [0.4, 0.5) is 8.78 Å². The van der Waals surface area contributed by atoms with Crippen molar-refractivity contribution < 1.29 is 18.3 Å². The van der Waals surface area contributed by atoms with E-state index in [1.54, 1.807) is 40.0 Å². The summed E-state index contributed by atoms with van der Waals surface area (Å²) in [5, 5.41) is 9.28. The molecule has 2 aromatic heterocycles. The van der Waals surface area contributed by atoms with Gasteiger partial charge in [-0.2, -0.15) is 0 Å². The van der Waals surface area contributed by atoms with Crippen molar-refractivity contribution in [3.05, 3.63) is 97.2 Å². The normalized spacial score (nSPS) is 16.6. The lowest BCUT2D eigenvalue weighted by Gasteiger charge is -2.32. The first kappa shape index (κ1) is 26.6. The number of ether oxygens (including phenoxy) is 1. The van der Waals surface area contributed by atoms with Crippen LogP contribution in [0.2, 0.25) is 0 Å². The Hall–Kier alpha value is -3.02. The number of benzene rings is 2. The molecule has 11 heteroatoms. The average molecular weight is 603 g/mol. The van der Waals surface area contributed by atoms with Crippen molar-refractivity contribution in [1.29, 1.82) is 0 Å². The van der Waals surface area contributed by atoms with Crippen molar-refractivity contribution in [2.24, 2.45) is 0 Å². The summed E-state index contributed by atoms with van der Waals surface area (Å²) in [6.07, 6.45) is 2.59. The van der Waals surface area contributed by atoms with Crippen molar-refractivity contribution in [3.8, 4) is 0 Å². The number of thiazole rings is 1. The van der Waals surface area contributed by atoms with E-state index in [-0.39, 0.29) is 29.7 Å². The van der Waals surface area contributed by atoms with Crippen LogP contribution in [0.1, 0.15) is 50.2 Å². The van der Waals surface area contributed by atoms with Crippen LogP contribution in [0.15, 0.2) is 53.1 Å². The average Bonchev–Trinajstić information content (AvgIpc) is 3.51. The number of aromatic nitrogens is 4. The lowest BCUT2D eigenvalue weighted by molar-refractivity contribution is -0.0210. The minimum atomic E-state index is -0.326. The monoisotopic (exact) mass is 601 g/mol. The number of halogens is 3. The summed E-state index contributed by atoms with van der Waals surface area (Å²) >= 11 is 4.66. The predicted molar refractivity (Wildman–Crippen MR) is 143 cm³/mol. The third-order valence-corrected chi connectivity index (χ3v) is 8.17. The minimum absolute atomic E-state index is 0.0679. The zero-order valence-electron chi connectivity index (χ0n) is 20.9. The first-order valence-electron chi connectivity index (χ1n) is 12.2. The molecule has 4 aromatic rings. The van der Waals surface area contributed by atoms with Gasteiger partial charge in [-0.3, -0.25) is 4.79 Å². The number of amides is 1. The third-order valence-electron chi connectivity index (χ3n) is 6.53. The molecule has 0 spiro atoms. The Balaban J connectivity index is 1.22. The fourth-order valence-corrected chi connectivity index (χ4v) is 5.89. The topological polar surface area (TPSA) is 73.1 Å². The molecule has 1 amide bonds. The molecular weight excluding hydrogens is 576 g/mol. The molecule has 5 rings (SSSR count). The van der Waals surface area contributed by atoms with Crippen molar-refractivity contribution in [2.75, 3.05) is 19.7 Å². The maximum atomic E-state index is 14.4. The highest BCUT2D eigenvalue weighted by molar-refractivity contribution is 9.10. The maximum Gasteiger partial charge on any atom is 0.266 e. The second-order valence-corrected chi connectivity index (χ2v) is 11.3. The van der Waals surface area contributed by atoms with Gasteiger partial charge in [0.15, 0.2) is 0 Å². The van der Waals surface area contributed by atoms with E-state index >= 15 is 0 Å². The number of nitrogens with zero attached hydrogens (tertiary/aromatic N) is 5. The van der Waals surface area contributed by atoms with Gasteiger partial charge >= 0.3 is 0 Å². The van der Waals surface area contributed by atoms with Crippen molar-refractivity contribution in [2.45, 2.75) is 38.8 Å². The van der Waals surface area contributed by atoms with Gasteiger partial charge in [0, 0.05) is 42.2 Å². The van der Waals surface area contributed by atoms with Crippen LogP contribution in [-0.4, -0.2) is 56.6 Å².